The SMILES string of the molecule is CC(=CC1=C(OC(c2ccccc2)c2ccccc2)N2C(=O)C(C(c3ccccc3)(c3ccccc3)c3ccccc3)C2S(=C=O)C1N)N(C)C. The van der Waals surface area contributed by atoms with E-state index in [-0.39, 0.29) is 5.91 Å². The van der Waals surface area contributed by atoms with Gasteiger partial charge in [0, 0.05) is 25.4 Å². The summed E-state index contributed by atoms with van der Waals surface area (Å²) in [5, 5.41) is 0.970. The number of allylic oxidation sites excluding steroid dienone is 1. The zero-order valence-corrected chi connectivity index (χ0v) is 29.7. The normalized spacial score (nSPS) is 20.4. The van der Waals surface area contributed by atoms with E-state index in [1.165, 1.54) is 0 Å². The van der Waals surface area contributed by atoms with E-state index in [1.807, 2.05) is 147 Å². The Bertz CT molecular complexity index is 1980. The Labute approximate surface area is 302 Å². The Hall–Kier alpha value is -5.46. The number of amides is 1. The third kappa shape index (κ3) is 5.93. The number of fused-ring (bicyclic) bond motifs is 1. The molecule has 1 saturated heterocycles. The van der Waals surface area contributed by atoms with Gasteiger partial charge >= 0.3 is 0 Å². The molecule has 0 aliphatic carbocycles. The Morgan fingerprint density at radius 1 is 0.765 bits per heavy atom. The van der Waals surface area contributed by atoms with E-state index in [0.717, 1.165) is 33.5 Å². The molecule has 2 N–H and O–H groups in total. The minimum atomic E-state index is -1.21. The van der Waals surface area contributed by atoms with Gasteiger partial charge in [-0.25, -0.2) is 4.79 Å². The van der Waals surface area contributed by atoms with Gasteiger partial charge in [0.05, 0.1) is 16.7 Å². The summed E-state index contributed by atoms with van der Waals surface area (Å²) in [5.41, 5.74) is 12.5. The summed E-state index contributed by atoms with van der Waals surface area (Å²) in [6.07, 6.45) is 1.40. The molecule has 2 heterocycles. The number of carbonyl (C=O) groups excluding carboxylic acids is 2. The van der Waals surface area contributed by atoms with E-state index in [9.17, 15) is 4.79 Å². The molecule has 256 valence electrons. The van der Waals surface area contributed by atoms with Crippen LogP contribution >= 0.6 is 10.5 Å². The molecule has 7 rings (SSSR count). The number of nitrogens with two attached hydrogens (primary N) is 1. The monoisotopic (exact) mass is 691 g/mol. The zero-order valence-electron chi connectivity index (χ0n) is 28.9. The fourth-order valence-electron chi connectivity index (χ4n) is 7.45. The van der Waals surface area contributed by atoms with E-state index in [1.54, 1.807) is 4.90 Å². The maximum atomic E-state index is 15.4. The van der Waals surface area contributed by atoms with Crippen molar-refractivity contribution in [2.75, 3.05) is 14.1 Å². The summed E-state index contributed by atoms with van der Waals surface area (Å²) in [5.74, 6) is -0.458. The van der Waals surface area contributed by atoms with Crippen molar-refractivity contribution in [1.82, 2.24) is 9.80 Å². The maximum Gasteiger partial charge on any atom is 0.238 e. The summed E-state index contributed by atoms with van der Waals surface area (Å²) in [6.45, 7) is 1.98. The predicted molar refractivity (Wildman–Crippen MR) is 205 cm³/mol. The van der Waals surface area contributed by atoms with Crippen molar-refractivity contribution in [1.29, 1.82) is 0 Å². The van der Waals surface area contributed by atoms with E-state index in [2.05, 4.69) is 41.6 Å². The Kier molecular flexibility index (Phi) is 9.61. The number of hydrogen-bond acceptors (Lipinski definition) is 5. The van der Waals surface area contributed by atoms with Gasteiger partial charge < -0.3 is 15.4 Å². The van der Waals surface area contributed by atoms with Crippen LogP contribution in [0.15, 0.2) is 175 Å². The number of benzene rings is 5. The van der Waals surface area contributed by atoms with E-state index in [4.69, 9.17) is 10.5 Å². The molecule has 51 heavy (non-hydrogen) atoms. The molecule has 1 fully saturated rings. The molecule has 4 unspecified atom stereocenters. The first-order valence-electron chi connectivity index (χ1n) is 17.1. The fourth-order valence-corrected chi connectivity index (χ4v) is 9.43. The van der Waals surface area contributed by atoms with Crippen LogP contribution in [0.4, 0.5) is 0 Å². The molecule has 7 heteroatoms. The molecule has 0 saturated carbocycles. The highest BCUT2D eigenvalue weighted by Gasteiger charge is 2.65. The van der Waals surface area contributed by atoms with Crippen LogP contribution in [0.5, 0.6) is 0 Å². The number of carbonyl (C=O) groups is 1. The van der Waals surface area contributed by atoms with Crippen molar-refractivity contribution in [2.45, 2.75) is 29.2 Å². The molecule has 0 radical (unpaired) electrons. The lowest BCUT2D eigenvalue weighted by Gasteiger charge is -2.58. The van der Waals surface area contributed by atoms with Gasteiger partial charge in [-0.15, -0.1) is 0 Å². The summed E-state index contributed by atoms with van der Waals surface area (Å²) < 4.78 is 7.12. The second-order valence-electron chi connectivity index (χ2n) is 13.1. The summed E-state index contributed by atoms with van der Waals surface area (Å²) in [4.78, 5) is 32.3. The second-order valence-corrected chi connectivity index (χ2v) is 15.0. The van der Waals surface area contributed by atoms with Crippen molar-refractivity contribution >= 4 is 21.6 Å². The number of rotatable bonds is 10. The summed E-state index contributed by atoms with van der Waals surface area (Å²) >= 11 is 0. The van der Waals surface area contributed by atoms with Gasteiger partial charge in [0.25, 0.3) is 0 Å². The third-order valence-corrected chi connectivity index (χ3v) is 12.1. The zero-order chi connectivity index (χ0) is 35.5. The molecular formula is C44H41N3O3S. The summed E-state index contributed by atoms with van der Waals surface area (Å²) in [7, 11) is 2.69. The van der Waals surface area contributed by atoms with Crippen molar-refractivity contribution in [2.24, 2.45) is 11.7 Å². The largest absolute Gasteiger partial charge is 0.465 e. The highest BCUT2D eigenvalue weighted by molar-refractivity contribution is 8.15. The predicted octanol–water partition coefficient (Wildman–Crippen LogP) is 7.92. The lowest BCUT2D eigenvalue weighted by molar-refractivity contribution is -0.155. The lowest BCUT2D eigenvalue weighted by atomic mass is 9.59. The molecule has 1 amide bonds. The molecular weight excluding hydrogens is 651 g/mol. The molecule has 0 bridgehead atoms. The molecule has 4 atom stereocenters. The van der Waals surface area contributed by atoms with E-state index >= 15 is 4.79 Å². The van der Waals surface area contributed by atoms with Crippen LogP contribution in [0.2, 0.25) is 0 Å². The van der Waals surface area contributed by atoms with Gasteiger partial charge in [-0.3, -0.25) is 9.69 Å². The van der Waals surface area contributed by atoms with Crippen LogP contribution in [0, 0.1) is 5.92 Å². The number of β-lactam (4-membered cyclic amide) rings is 1. The van der Waals surface area contributed by atoms with Crippen molar-refractivity contribution in [3.63, 3.8) is 0 Å². The first kappa shape index (κ1) is 34.0. The van der Waals surface area contributed by atoms with Gasteiger partial charge in [-0.1, -0.05) is 162 Å². The van der Waals surface area contributed by atoms with Crippen molar-refractivity contribution < 1.29 is 14.3 Å². The molecule has 0 spiro atoms. The standard InChI is InChI=1S/C44H41N3O3S/c1-31(46(2)3)29-37-40(45)51(30-48)43-38(41(49)47(43)42(37)50-39(32-19-9-4-10-20-32)33-21-11-5-12-22-33)44(34-23-13-6-14-24-34,35-25-15-7-16-26-35)36-27-17-8-18-28-36/h4-29,38-40,43H,45H2,1-3H3. The van der Waals surface area contributed by atoms with Crippen LogP contribution in [0.25, 0.3) is 0 Å². The quantitative estimate of drug-likeness (QED) is 0.0915. The Balaban J connectivity index is 1.48. The average molecular weight is 692 g/mol. The minimum absolute atomic E-state index is 0.139. The third-order valence-electron chi connectivity index (χ3n) is 10.1. The van der Waals surface area contributed by atoms with Crippen molar-refractivity contribution in [3.8, 4) is 0 Å². The van der Waals surface area contributed by atoms with Crippen LogP contribution in [0.1, 0.15) is 40.8 Å². The minimum Gasteiger partial charge on any atom is -0.465 e. The second kappa shape index (κ2) is 14.4. The van der Waals surface area contributed by atoms with Gasteiger partial charge in [0.15, 0.2) is 11.3 Å². The summed E-state index contributed by atoms with van der Waals surface area (Å²) in [6, 6.07) is 50.3. The van der Waals surface area contributed by atoms with Gasteiger partial charge in [0.2, 0.25) is 11.8 Å². The van der Waals surface area contributed by atoms with Gasteiger partial charge in [0.1, 0.15) is 5.37 Å². The van der Waals surface area contributed by atoms with Gasteiger partial charge in [-0.05, 0) is 40.8 Å². The highest BCUT2D eigenvalue weighted by atomic mass is 32.2. The number of ether oxygens (including phenoxy) is 1. The van der Waals surface area contributed by atoms with Gasteiger partial charge in [-0.2, -0.15) is 0 Å². The van der Waals surface area contributed by atoms with Crippen molar-refractivity contribution in [3.05, 3.63) is 203 Å². The number of nitrogens with zero attached hydrogens (tertiary/aromatic N) is 2. The number of hydrogen-bond donors (Lipinski definition) is 1. The topological polar surface area (TPSA) is 75.9 Å². The first-order valence-corrected chi connectivity index (χ1v) is 18.4. The Morgan fingerprint density at radius 2 is 1.18 bits per heavy atom. The van der Waals surface area contributed by atoms with Crippen LogP contribution in [-0.2, 0) is 19.7 Å². The average Bonchev–Trinajstić information content (AvgIpc) is 3.18. The smallest absolute Gasteiger partial charge is 0.238 e. The molecule has 5 aromatic rings. The highest BCUT2D eigenvalue weighted by Crippen LogP contribution is 2.60. The maximum absolute atomic E-state index is 15.4. The molecule has 2 aliphatic rings. The first-order chi connectivity index (χ1) is 24.9. The van der Waals surface area contributed by atoms with Crippen LogP contribution in [-0.4, -0.2) is 45.8 Å². The Morgan fingerprint density at radius 3 is 1.57 bits per heavy atom. The fraction of sp³-hybridized carbons (Fsp3) is 0.182. The molecule has 6 nitrogen and oxygen atoms in total. The molecule has 2 aliphatic heterocycles. The lowest BCUT2D eigenvalue weighted by Crippen LogP contribution is -2.69. The van der Waals surface area contributed by atoms with Crippen LogP contribution in [0.3, 0.4) is 0 Å². The molecule has 5 aromatic carbocycles. The molecule has 0 aromatic heterocycles. The van der Waals surface area contributed by atoms with Crippen LogP contribution < -0.4 is 5.73 Å². The van der Waals surface area contributed by atoms with E-state index in [0.29, 0.717) is 11.5 Å². The van der Waals surface area contributed by atoms with E-state index < -0.39 is 38.7 Å².